The molecule has 1 aromatic carbocycles. The van der Waals surface area contributed by atoms with E-state index in [1.807, 2.05) is 0 Å². The van der Waals surface area contributed by atoms with Crippen LogP contribution in [0.4, 0.5) is 0 Å². The maximum atomic E-state index is 12.7. The molecule has 0 radical (unpaired) electrons. The number of nitrogens with one attached hydrogen (secondary N) is 1. The van der Waals surface area contributed by atoms with Crippen LogP contribution in [0.2, 0.25) is 0 Å². The summed E-state index contributed by atoms with van der Waals surface area (Å²) in [5.41, 5.74) is 0.263. The van der Waals surface area contributed by atoms with Crippen molar-refractivity contribution in [1.82, 2.24) is 19.4 Å². The summed E-state index contributed by atoms with van der Waals surface area (Å²) < 4.78 is 13.0. The normalized spacial score (nSPS) is 10.9. The molecule has 0 spiro atoms. The monoisotopic (exact) mass is 412 g/mol. The molecule has 158 valence electrons. The van der Waals surface area contributed by atoms with E-state index in [2.05, 4.69) is 10.3 Å². The van der Waals surface area contributed by atoms with Gasteiger partial charge in [0.15, 0.2) is 0 Å². The molecular formula is C21H24N4O5. The molecule has 0 unspecified atom stereocenters. The summed E-state index contributed by atoms with van der Waals surface area (Å²) >= 11 is 0. The van der Waals surface area contributed by atoms with E-state index >= 15 is 0 Å². The number of amides is 1. The first kappa shape index (κ1) is 21.3. The van der Waals surface area contributed by atoms with E-state index < -0.39 is 5.69 Å². The van der Waals surface area contributed by atoms with Crippen LogP contribution in [0.5, 0.6) is 5.88 Å². The number of carbonyl (C=O) groups is 1. The number of ether oxygens (including phenoxy) is 2. The summed E-state index contributed by atoms with van der Waals surface area (Å²) in [7, 11) is 1.58. The van der Waals surface area contributed by atoms with Crippen LogP contribution in [0, 0.1) is 0 Å². The molecule has 0 atom stereocenters. The Hall–Kier alpha value is -3.46. The highest BCUT2D eigenvalue weighted by Crippen LogP contribution is 2.14. The summed E-state index contributed by atoms with van der Waals surface area (Å²) in [5, 5.41) is 3.18. The van der Waals surface area contributed by atoms with Crippen molar-refractivity contribution in [2.45, 2.75) is 26.6 Å². The number of para-hydroxylation sites is 1. The highest BCUT2D eigenvalue weighted by Gasteiger charge is 2.15. The van der Waals surface area contributed by atoms with Crippen molar-refractivity contribution in [2.75, 3.05) is 20.3 Å². The zero-order valence-corrected chi connectivity index (χ0v) is 17.0. The van der Waals surface area contributed by atoms with Gasteiger partial charge >= 0.3 is 5.69 Å². The minimum absolute atomic E-state index is 0.190. The highest BCUT2D eigenvalue weighted by molar-refractivity contribution is 5.81. The van der Waals surface area contributed by atoms with Gasteiger partial charge < -0.3 is 14.8 Å². The molecule has 30 heavy (non-hydrogen) atoms. The van der Waals surface area contributed by atoms with Crippen LogP contribution in [-0.4, -0.2) is 40.3 Å². The Labute approximate surface area is 172 Å². The number of hydrogen-bond acceptors (Lipinski definition) is 6. The van der Waals surface area contributed by atoms with Gasteiger partial charge in [-0.05, 0) is 25.1 Å². The number of rotatable bonds is 9. The fourth-order valence-corrected chi connectivity index (χ4v) is 3.11. The van der Waals surface area contributed by atoms with Crippen LogP contribution < -0.4 is 21.3 Å². The molecule has 0 bridgehead atoms. The Balaban J connectivity index is 1.79. The van der Waals surface area contributed by atoms with E-state index in [9.17, 15) is 14.4 Å². The number of aromatic nitrogens is 3. The van der Waals surface area contributed by atoms with Gasteiger partial charge in [0.2, 0.25) is 11.8 Å². The van der Waals surface area contributed by atoms with Gasteiger partial charge in [-0.3, -0.25) is 18.7 Å². The maximum Gasteiger partial charge on any atom is 0.331 e. The van der Waals surface area contributed by atoms with Gasteiger partial charge in [0.05, 0.1) is 17.5 Å². The van der Waals surface area contributed by atoms with Crippen LogP contribution in [0.1, 0.15) is 12.5 Å². The number of fused-ring (bicyclic) bond motifs is 1. The van der Waals surface area contributed by atoms with Crippen LogP contribution in [0.3, 0.4) is 0 Å². The third kappa shape index (κ3) is 4.57. The highest BCUT2D eigenvalue weighted by atomic mass is 16.5. The second-order valence-electron chi connectivity index (χ2n) is 6.52. The van der Waals surface area contributed by atoms with Gasteiger partial charge in [-0.15, -0.1) is 0 Å². The van der Waals surface area contributed by atoms with Gasteiger partial charge in [-0.25, -0.2) is 9.78 Å². The van der Waals surface area contributed by atoms with E-state index in [0.29, 0.717) is 35.6 Å². The summed E-state index contributed by atoms with van der Waals surface area (Å²) in [5.74, 6) is 0.0484. The number of pyridine rings is 1. The van der Waals surface area contributed by atoms with Crippen molar-refractivity contribution in [3.05, 3.63) is 69.0 Å². The molecule has 3 aromatic rings. The average molecular weight is 412 g/mol. The Morgan fingerprint density at radius 2 is 1.90 bits per heavy atom. The van der Waals surface area contributed by atoms with E-state index in [1.165, 1.54) is 4.57 Å². The summed E-state index contributed by atoms with van der Waals surface area (Å²) in [4.78, 5) is 42.0. The van der Waals surface area contributed by atoms with Crippen molar-refractivity contribution in [2.24, 2.45) is 0 Å². The quantitative estimate of drug-likeness (QED) is 0.524. The fourth-order valence-electron chi connectivity index (χ4n) is 3.11. The molecule has 0 saturated heterocycles. The Morgan fingerprint density at radius 3 is 2.67 bits per heavy atom. The third-order valence-corrected chi connectivity index (χ3v) is 4.60. The lowest BCUT2D eigenvalue weighted by atomic mass is 10.2. The first-order chi connectivity index (χ1) is 14.6. The molecule has 0 aliphatic carbocycles. The minimum Gasteiger partial charge on any atom is -0.475 e. The molecule has 9 nitrogen and oxygen atoms in total. The predicted octanol–water partition coefficient (Wildman–Crippen LogP) is 0.920. The molecule has 0 fully saturated rings. The number of nitrogens with zero attached hydrogens (tertiary/aromatic N) is 3. The van der Waals surface area contributed by atoms with Crippen molar-refractivity contribution < 1.29 is 14.3 Å². The lowest BCUT2D eigenvalue weighted by Crippen LogP contribution is -2.42. The standard InChI is InChI=1S/C21H24N4O5/c1-3-24-20(27)16-8-4-5-9-17(16)25(21(24)28)14-18(26)23-13-15-7-6-10-22-19(15)30-12-11-29-2/h4-10H,3,11-14H2,1-2H3,(H,23,26). The van der Waals surface area contributed by atoms with Crippen LogP contribution in [-0.2, 0) is 29.2 Å². The van der Waals surface area contributed by atoms with Crippen LogP contribution in [0.25, 0.3) is 10.9 Å². The van der Waals surface area contributed by atoms with Gasteiger partial charge in [0.25, 0.3) is 5.56 Å². The first-order valence-corrected chi connectivity index (χ1v) is 9.61. The van der Waals surface area contributed by atoms with Crippen LogP contribution in [0.15, 0.2) is 52.2 Å². The topological polar surface area (TPSA) is 104 Å². The van der Waals surface area contributed by atoms with E-state index in [0.717, 1.165) is 4.57 Å². The smallest absolute Gasteiger partial charge is 0.331 e. The van der Waals surface area contributed by atoms with Crippen molar-refractivity contribution in [3.8, 4) is 5.88 Å². The molecule has 1 N–H and O–H groups in total. The Morgan fingerprint density at radius 1 is 1.10 bits per heavy atom. The fraction of sp³-hybridized carbons (Fsp3) is 0.333. The van der Waals surface area contributed by atoms with Gasteiger partial charge in [0.1, 0.15) is 13.2 Å². The number of methoxy groups -OCH3 is 1. The predicted molar refractivity (Wildman–Crippen MR) is 112 cm³/mol. The minimum atomic E-state index is -0.513. The number of benzene rings is 1. The molecule has 2 aromatic heterocycles. The van der Waals surface area contributed by atoms with Gasteiger partial charge in [-0.2, -0.15) is 0 Å². The maximum absolute atomic E-state index is 12.7. The second-order valence-corrected chi connectivity index (χ2v) is 6.52. The average Bonchev–Trinajstić information content (AvgIpc) is 2.76. The Kier molecular flexibility index (Phi) is 6.97. The van der Waals surface area contributed by atoms with Gasteiger partial charge in [-0.1, -0.05) is 18.2 Å². The molecular weight excluding hydrogens is 388 g/mol. The second kappa shape index (κ2) is 9.84. The lowest BCUT2D eigenvalue weighted by Gasteiger charge is -2.14. The lowest BCUT2D eigenvalue weighted by molar-refractivity contribution is -0.121. The number of hydrogen-bond donors (Lipinski definition) is 1. The van der Waals surface area contributed by atoms with Crippen LogP contribution >= 0.6 is 0 Å². The molecule has 1 amide bonds. The molecule has 0 aliphatic heterocycles. The van der Waals surface area contributed by atoms with E-state index in [1.54, 1.807) is 56.6 Å². The first-order valence-electron chi connectivity index (χ1n) is 9.61. The van der Waals surface area contributed by atoms with Crippen molar-refractivity contribution in [1.29, 1.82) is 0 Å². The summed E-state index contributed by atoms with van der Waals surface area (Å²) in [6.45, 7) is 2.69. The summed E-state index contributed by atoms with van der Waals surface area (Å²) in [6.07, 6.45) is 1.60. The molecule has 2 heterocycles. The van der Waals surface area contributed by atoms with E-state index in [4.69, 9.17) is 9.47 Å². The molecule has 0 saturated carbocycles. The number of carbonyl (C=O) groups excluding carboxylic acids is 1. The summed E-state index contributed by atoms with van der Waals surface area (Å²) in [6, 6.07) is 10.3. The largest absolute Gasteiger partial charge is 0.475 e. The molecule has 0 aliphatic rings. The third-order valence-electron chi connectivity index (χ3n) is 4.60. The van der Waals surface area contributed by atoms with Crippen molar-refractivity contribution >= 4 is 16.8 Å². The zero-order chi connectivity index (χ0) is 21.5. The van der Waals surface area contributed by atoms with Gasteiger partial charge in [0, 0.05) is 32.0 Å². The van der Waals surface area contributed by atoms with Crippen molar-refractivity contribution in [3.63, 3.8) is 0 Å². The molecule has 3 rings (SSSR count). The Bertz CT molecular complexity index is 1150. The zero-order valence-electron chi connectivity index (χ0n) is 17.0. The SMILES string of the molecule is CCn1c(=O)c2ccccc2n(CC(=O)NCc2cccnc2OCCOC)c1=O. The molecule has 9 heteroatoms. The van der Waals surface area contributed by atoms with E-state index in [-0.39, 0.29) is 31.1 Å².